The third kappa shape index (κ3) is 4.79. The van der Waals surface area contributed by atoms with E-state index in [2.05, 4.69) is 34.7 Å². The highest BCUT2D eigenvalue weighted by molar-refractivity contribution is 9.09. The van der Waals surface area contributed by atoms with Crippen LogP contribution in [0.2, 0.25) is 5.02 Å². The Balaban J connectivity index is 2.81. The minimum Gasteiger partial charge on any atom is -0.496 e. The maximum atomic E-state index is 6.06. The molecule has 2 nitrogen and oxygen atoms in total. The first-order valence-electron chi connectivity index (χ1n) is 6.21. The van der Waals surface area contributed by atoms with Crippen molar-refractivity contribution in [2.75, 3.05) is 19.0 Å². The SMILES string of the molecule is COc1ccc(Cl)cc1CN(CCCBr)C(C)C. The fourth-order valence-corrected chi connectivity index (χ4v) is 2.32. The second-order valence-corrected chi connectivity index (χ2v) is 5.79. The number of hydrogen-bond donors (Lipinski definition) is 0. The fourth-order valence-electron chi connectivity index (χ4n) is 1.87. The Labute approximate surface area is 123 Å². The third-order valence-electron chi connectivity index (χ3n) is 2.93. The summed E-state index contributed by atoms with van der Waals surface area (Å²) in [7, 11) is 1.70. The second kappa shape index (κ2) is 8.03. The van der Waals surface area contributed by atoms with Gasteiger partial charge in [-0.25, -0.2) is 0 Å². The molecule has 0 unspecified atom stereocenters. The van der Waals surface area contributed by atoms with Crippen molar-refractivity contribution in [2.45, 2.75) is 32.9 Å². The van der Waals surface area contributed by atoms with Crippen LogP contribution in [0.1, 0.15) is 25.8 Å². The third-order valence-corrected chi connectivity index (χ3v) is 3.72. The van der Waals surface area contributed by atoms with Gasteiger partial charge in [0, 0.05) is 28.5 Å². The second-order valence-electron chi connectivity index (χ2n) is 4.56. The molecule has 1 aromatic rings. The lowest BCUT2D eigenvalue weighted by Gasteiger charge is -2.27. The van der Waals surface area contributed by atoms with Crippen molar-refractivity contribution >= 4 is 27.5 Å². The summed E-state index contributed by atoms with van der Waals surface area (Å²) in [6, 6.07) is 6.29. The summed E-state index contributed by atoms with van der Waals surface area (Å²) < 4.78 is 5.39. The molecule has 0 heterocycles. The van der Waals surface area contributed by atoms with Gasteiger partial charge in [-0.3, -0.25) is 4.90 Å². The standard InChI is InChI=1S/C14H21BrClNO/c1-11(2)17(8-4-7-15)10-12-9-13(16)5-6-14(12)18-3/h5-6,9,11H,4,7-8,10H2,1-3H3. The molecule has 0 atom stereocenters. The summed E-state index contributed by atoms with van der Waals surface area (Å²) >= 11 is 9.54. The Morgan fingerprint density at radius 2 is 2.11 bits per heavy atom. The highest BCUT2D eigenvalue weighted by Crippen LogP contribution is 2.24. The zero-order chi connectivity index (χ0) is 13.5. The molecule has 102 valence electrons. The highest BCUT2D eigenvalue weighted by atomic mass is 79.9. The Morgan fingerprint density at radius 1 is 1.39 bits per heavy atom. The Hall–Kier alpha value is -0.250. The predicted molar refractivity (Wildman–Crippen MR) is 82.0 cm³/mol. The lowest BCUT2D eigenvalue weighted by Crippen LogP contribution is -2.31. The number of ether oxygens (including phenoxy) is 1. The van der Waals surface area contributed by atoms with Crippen molar-refractivity contribution in [1.29, 1.82) is 0 Å². The Morgan fingerprint density at radius 3 is 2.67 bits per heavy atom. The molecule has 18 heavy (non-hydrogen) atoms. The molecule has 0 aromatic heterocycles. The summed E-state index contributed by atoms with van der Waals surface area (Å²) in [6.07, 6.45) is 1.14. The van der Waals surface area contributed by atoms with Crippen LogP contribution in [0.4, 0.5) is 0 Å². The minimum absolute atomic E-state index is 0.507. The molecule has 0 aliphatic carbocycles. The molecule has 0 bridgehead atoms. The van der Waals surface area contributed by atoms with Gasteiger partial charge in [0.15, 0.2) is 0 Å². The van der Waals surface area contributed by atoms with Crippen LogP contribution < -0.4 is 4.74 Å². The van der Waals surface area contributed by atoms with Gasteiger partial charge < -0.3 is 4.74 Å². The summed E-state index contributed by atoms with van der Waals surface area (Å²) in [5, 5.41) is 1.79. The molecule has 1 aromatic carbocycles. The van der Waals surface area contributed by atoms with Crippen molar-refractivity contribution in [2.24, 2.45) is 0 Å². The Kier molecular flexibility index (Phi) is 7.05. The van der Waals surface area contributed by atoms with E-state index in [0.717, 1.165) is 41.2 Å². The molecule has 0 saturated carbocycles. The molecule has 0 aliphatic rings. The molecule has 0 radical (unpaired) electrons. The van der Waals surface area contributed by atoms with Gasteiger partial charge in [-0.2, -0.15) is 0 Å². The molecule has 0 fully saturated rings. The fraction of sp³-hybridized carbons (Fsp3) is 0.571. The summed E-state index contributed by atoms with van der Waals surface area (Å²) in [6.45, 7) is 6.36. The van der Waals surface area contributed by atoms with Gasteiger partial charge in [-0.05, 0) is 45.0 Å². The van der Waals surface area contributed by atoms with Crippen molar-refractivity contribution in [3.8, 4) is 5.75 Å². The molecule has 0 saturated heterocycles. The number of benzene rings is 1. The maximum absolute atomic E-state index is 6.06. The number of halogens is 2. The zero-order valence-electron chi connectivity index (χ0n) is 11.2. The van der Waals surface area contributed by atoms with Gasteiger partial charge in [0.1, 0.15) is 5.75 Å². The maximum Gasteiger partial charge on any atom is 0.123 e. The van der Waals surface area contributed by atoms with E-state index in [-0.39, 0.29) is 0 Å². The average Bonchev–Trinajstić information content (AvgIpc) is 2.34. The largest absolute Gasteiger partial charge is 0.496 e. The van der Waals surface area contributed by atoms with E-state index in [0.29, 0.717) is 6.04 Å². The van der Waals surface area contributed by atoms with E-state index in [1.54, 1.807) is 7.11 Å². The topological polar surface area (TPSA) is 12.5 Å². The summed E-state index contributed by atoms with van der Waals surface area (Å²) in [4.78, 5) is 2.43. The average molecular weight is 335 g/mol. The van der Waals surface area contributed by atoms with E-state index < -0.39 is 0 Å². The van der Waals surface area contributed by atoms with Crippen LogP contribution in [0, 0.1) is 0 Å². The summed E-state index contributed by atoms with van der Waals surface area (Å²) in [5.74, 6) is 0.906. The van der Waals surface area contributed by atoms with Crippen molar-refractivity contribution in [3.63, 3.8) is 0 Å². The van der Waals surface area contributed by atoms with E-state index in [1.807, 2.05) is 18.2 Å². The smallest absolute Gasteiger partial charge is 0.123 e. The van der Waals surface area contributed by atoms with E-state index in [1.165, 1.54) is 0 Å². The van der Waals surface area contributed by atoms with E-state index in [9.17, 15) is 0 Å². The molecule has 0 amide bonds. The molecule has 0 spiro atoms. The first-order chi connectivity index (χ1) is 8.58. The molecular weight excluding hydrogens is 314 g/mol. The quantitative estimate of drug-likeness (QED) is 0.688. The number of hydrogen-bond acceptors (Lipinski definition) is 2. The number of methoxy groups -OCH3 is 1. The van der Waals surface area contributed by atoms with Gasteiger partial charge in [-0.1, -0.05) is 27.5 Å². The molecular formula is C14H21BrClNO. The number of nitrogens with zero attached hydrogens (tertiary/aromatic N) is 1. The minimum atomic E-state index is 0.507. The van der Waals surface area contributed by atoms with Crippen LogP contribution in [-0.2, 0) is 6.54 Å². The highest BCUT2D eigenvalue weighted by Gasteiger charge is 2.13. The monoisotopic (exact) mass is 333 g/mol. The lowest BCUT2D eigenvalue weighted by molar-refractivity contribution is 0.211. The van der Waals surface area contributed by atoms with Gasteiger partial charge in [0.25, 0.3) is 0 Å². The first-order valence-corrected chi connectivity index (χ1v) is 7.70. The zero-order valence-corrected chi connectivity index (χ0v) is 13.6. The molecule has 1 rings (SSSR count). The van der Waals surface area contributed by atoms with Crippen LogP contribution in [0.15, 0.2) is 18.2 Å². The normalized spacial score (nSPS) is 11.3. The van der Waals surface area contributed by atoms with Crippen molar-refractivity contribution in [1.82, 2.24) is 4.90 Å². The van der Waals surface area contributed by atoms with Crippen molar-refractivity contribution < 1.29 is 4.74 Å². The molecule has 0 N–H and O–H groups in total. The van der Waals surface area contributed by atoms with Crippen LogP contribution in [-0.4, -0.2) is 29.9 Å². The molecule has 4 heteroatoms. The lowest BCUT2D eigenvalue weighted by atomic mass is 10.1. The van der Waals surface area contributed by atoms with Crippen molar-refractivity contribution in [3.05, 3.63) is 28.8 Å². The van der Waals surface area contributed by atoms with Gasteiger partial charge in [-0.15, -0.1) is 0 Å². The molecule has 0 aliphatic heterocycles. The Bertz CT molecular complexity index is 371. The predicted octanol–water partition coefficient (Wildman–Crippen LogP) is 4.34. The first kappa shape index (κ1) is 15.8. The van der Waals surface area contributed by atoms with Gasteiger partial charge in [0.2, 0.25) is 0 Å². The van der Waals surface area contributed by atoms with Gasteiger partial charge >= 0.3 is 0 Å². The number of alkyl halides is 1. The van der Waals surface area contributed by atoms with Crippen LogP contribution >= 0.6 is 27.5 Å². The summed E-state index contributed by atoms with van der Waals surface area (Å²) in [5.41, 5.74) is 1.15. The van der Waals surface area contributed by atoms with Crippen LogP contribution in [0.3, 0.4) is 0 Å². The van der Waals surface area contributed by atoms with Crippen LogP contribution in [0.5, 0.6) is 5.75 Å². The number of rotatable bonds is 7. The van der Waals surface area contributed by atoms with Crippen LogP contribution in [0.25, 0.3) is 0 Å². The van der Waals surface area contributed by atoms with E-state index in [4.69, 9.17) is 16.3 Å². The van der Waals surface area contributed by atoms with Gasteiger partial charge in [0.05, 0.1) is 7.11 Å². The van der Waals surface area contributed by atoms with E-state index >= 15 is 0 Å².